The van der Waals surface area contributed by atoms with Crippen molar-refractivity contribution < 1.29 is 14.6 Å². The minimum Gasteiger partial charge on any atom is -0.544 e. The van der Waals surface area contributed by atoms with E-state index < -0.39 is 14.4 Å². The van der Waals surface area contributed by atoms with Crippen LogP contribution in [0.4, 0.5) is 0 Å². The Morgan fingerprint density at radius 2 is 1.65 bits per heavy atom. The third-order valence-corrected chi connectivity index (χ3v) is 8.59. The summed E-state index contributed by atoms with van der Waals surface area (Å²) in [6, 6.07) is 7.56. The SMILES string of the molecule is C[C@H](CO)[C@@H](O)c1ccc(O[Si](C)(C)C(C)(C)C)cc1. The Bertz CT molecular complexity index is 420. The number of rotatable bonds is 5. The van der Waals surface area contributed by atoms with Crippen LogP contribution in [0.25, 0.3) is 0 Å². The quantitative estimate of drug-likeness (QED) is 0.814. The van der Waals surface area contributed by atoms with Gasteiger partial charge >= 0.3 is 0 Å². The molecule has 0 aliphatic heterocycles. The van der Waals surface area contributed by atoms with E-state index in [4.69, 9.17) is 9.53 Å². The molecule has 1 rings (SSSR count). The zero-order valence-electron chi connectivity index (χ0n) is 13.5. The van der Waals surface area contributed by atoms with Crippen LogP contribution >= 0.6 is 0 Å². The van der Waals surface area contributed by atoms with Gasteiger partial charge in [-0.1, -0.05) is 39.8 Å². The Balaban J connectivity index is 2.82. The van der Waals surface area contributed by atoms with Gasteiger partial charge in [-0.3, -0.25) is 0 Å². The summed E-state index contributed by atoms with van der Waals surface area (Å²) >= 11 is 0. The lowest BCUT2D eigenvalue weighted by Gasteiger charge is -2.36. The molecule has 0 saturated carbocycles. The fourth-order valence-electron chi connectivity index (χ4n) is 1.61. The molecule has 0 aromatic heterocycles. The van der Waals surface area contributed by atoms with Crippen molar-refractivity contribution in [3.63, 3.8) is 0 Å². The van der Waals surface area contributed by atoms with E-state index in [9.17, 15) is 5.11 Å². The lowest BCUT2D eigenvalue weighted by molar-refractivity contribution is 0.0770. The molecule has 2 N–H and O–H groups in total. The third-order valence-electron chi connectivity index (χ3n) is 4.23. The third kappa shape index (κ3) is 4.07. The highest BCUT2D eigenvalue weighted by molar-refractivity contribution is 6.74. The van der Waals surface area contributed by atoms with Crippen molar-refractivity contribution in [1.29, 1.82) is 0 Å². The van der Waals surface area contributed by atoms with Crippen molar-refractivity contribution in [2.24, 2.45) is 5.92 Å². The molecule has 0 aliphatic rings. The van der Waals surface area contributed by atoms with Gasteiger partial charge in [-0.25, -0.2) is 0 Å². The summed E-state index contributed by atoms with van der Waals surface area (Å²) in [5, 5.41) is 19.3. The summed E-state index contributed by atoms with van der Waals surface area (Å²) in [6.45, 7) is 12.8. The van der Waals surface area contributed by atoms with Gasteiger partial charge in [0.15, 0.2) is 0 Å². The first-order valence-corrected chi connectivity index (χ1v) is 10.1. The van der Waals surface area contributed by atoms with Gasteiger partial charge in [-0.05, 0) is 35.8 Å². The molecule has 3 nitrogen and oxygen atoms in total. The summed E-state index contributed by atoms with van der Waals surface area (Å²) in [5.41, 5.74) is 0.814. The van der Waals surface area contributed by atoms with Crippen molar-refractivity contribution in [2.75, 3.05) is 6.61 Å². The normalized spacial score (nSPS) is 15.8. The Kier molecular flexibility index (Phi) is 5.41. The smallest absolute Gasteiger partial charge is 0.250 e. The van der Waals surface area contributed by atoms with E-state index in [0.29, 0.717) is 0 Å². The monoisotopic (exact) mass is 296 g/mol. The zero-order chi connectivity index (χ0) is 15.6. The van der Waals surface area contributed by atoms with Crippen LogP contribution < -0.4 is 4.43 Å². The molecule has 114 valence electrons. The second-order valence-corrected chi connectivity index (χ2v) is 11.8. The maximum absolute atomic E-state index is 10.0. The summed E-state index contributed by atoms with van der Waals surface area (Å²) in [5.74, 6) is 0.686. The average Bonchev–Trinajstić information content (AvgIpc) is 2.36. The van der Waals surface area contributed by atoms with Crippen LogP contribution in [0.15, 0.2) is 24.3 Å². The van der Waals surface area contributed by atoms with Crippen LogP contribution in [0.2, 0.25) is 18.1 Å². The van der Waals surface area contributed by atoms with Crippen molar-refractivity contribution in [3.05, 3.63) is 29.8 Å². The molecular formula is C16H28O3Si. The molecule has 0 spiro atoms. The van der Waals surface area contributed by atoms with Crippen LogP contribution in [0.5, 0.6) is 5.75 Å². The van der Waals surface area contributed by atoms with E-state index in [1.165, 1.54) is 0 Å². The number of hydrogen-bond acceptors (Lipinski definition) is 3. The molecule has 0 radical (unpaired) electrons. The standard InChI is InChI=1S/C16H28O3Si/c1-12(11-17)15(18)13-7-9-14(10-8-13)19-20(5,6)16(2,3)4/h7-10,12,15,17-18H,11H2,1-6H3/t12-,15-/m1/s1. The zero-order valence-corrected chi connectivity index (χ0v) is 14.5. The molecule has 4 heteroatoms. The minimum absolute atomic E-state index is 0.0244. The van der Waals surface area contributed by atoms with Gasteiger partial charge in [0.25, 0.3) is 0 Å². The lowest BCUT2D eigenvalue weighted by atomic mass is 9.98. The Labute approximate surface area is 123 Å². The molecule has 0 bridgehead atoms. The summed E-state index contributed by atoms with van der Waals surface area (Å²) in [6.07, 6.45) is -0.637. The van der Waals surface area contributed by atoms with Crippen LogP contribution in [-0.2, 0) is 0 Å². The number of benzene rings is 1. The molecule has 0 unspecified atom stereocenters. The fourth-order valence-corrected chi connectivity index (χ4v) is 2.64. The van der Waals surface area contributed by atoms with Crippen LogP contribution in [0.3, 0.4) is 0 Å². The largest absolute Gasteiger partial charge is 0.544 e. The highest BCUT2D eigenvalue weighted by atomic mass is 28.4. The molecule has 2 atom stereocenters. The van der Waals surface area contributed by atoms with Crippen molar-refractivity contribution in [3.8, 4) is 5.75 Å². The van der Waals surface area contributed by atoms with Crippen molar-refractivity contribution in [1.82, 2.24) is 0 Å². The molecule has 0 saturated heterocycles. The predicted octanol–water partition coefficient (Wildman–Crippen LogP) is 3.73. The molecule has 1 aromatic rings. The molecule has 1 aromatic carbocycles. The second kappa shape index (κ2) is 6.29. The topological polar surface area (TPSA) is 49.7 Å². The van der Waals surface area contributed by atoms with E-state index in [-0.39, 0.29) is 17.6 Å². The van der Waals surface area contributed by atoms with E-state index in [2.05, 4.69) is 33.9 Å². The first kappa shape index (κ1) is 17.2. The molecule has 0 aliphatic carbocycles. The van der Waals surface area contributed by atoms with Gasteiger partial charge in [0, 0.05) is 12.5 Å². The highest BCUT2D eigenvalue weighted by Crippen LogP contribution is 2.37. The predicted molar refractivity (Wildman–Crippen MR) is 85.5 cm³/mol. The molecular weight excluding hydrogens is 268 g/mol. The number of aliphatic hydroxyl groups excluding tert-OH is 2. The maximum atomic E-state index is 10.0. The summed E-state index contributed by atoms with van der Waals surface area (Å²) in [7, 11) is -1.82. The van der Waals surface area contributed by atoms with E-state index in [1.54, 1.807) is 0 Å². The Morgan fingerprint density at radius 3 is 2.05 bits per heavy atom. The van der Waals surface area contributed by atoms with E-state index in [1.807, 2.05) is 31.2 Å². The van der Waals surface area contributed by atoms with Crippen molar-refractivity contribution in [2.45, 2.75) is 51.9 Å². The second-order valence-electron chi connectivity index (χ2n) is 7.04. The van der Waals surface area contributed by atoms with Gasteiger partial charge in [0.2, 0.25) is 8.32 Å². The molecule has 0 heterocycles. The molecule has 20 heavy (non-hydrogen) atoms. The van der Waals surface area contributed by atoms with Gasteiger partial charge in [0.1, 0.15) is 5.75 Å². The van der Waals surface area contributed by atoms with Gasteiger partial charge in [-0.2, -0.15) is 0 Å². The van der Waals surface area contributed by atoms with Crippen molar-refractivity contribution >= 4 is 8.32 Å². The van der Waals surface area contributed by atoms with E-state index >= 15 is 0 Å². The Morgan fingerprint density at radius 1 is 1.15 bits per heavy atom. The fraction of sp³-hybridized carbons (Fsp3) is 0.625. The minimum atomic E-state index is -1.82. The average molecular weight is 296 g/mol. The van der Waals surface area contributed by atoms with Crippen LogP contribution in [0, 0.1) is 5.92 Å². The molecule has 0 fully saturated rings. The van der Waals surface area contributed by atoms with Gasteiger partial charge in [0.05, 0.1) is 6.10 Å². The first-order chi connectivity index (χ1) is 9.08. The van der Waals surface area contributed by atoms with Gasteiger partial charge in [-0.15, -0.1) is 0 Å². The van der Waals surface area contributed by atoms with Crippen LogP contribution in [0.1, 0.15) is 39.4 Å². The first-order valence-electron chi connectivity index (χ1n) is 7.16. The lowest BCUT2D eigenvalue weighted by Crippen LogP contribution is -2.43. The summed E-state index contributed by atoms with van der Waals surface area (Å²) < 4.78 is 6.20. The Hall–Kier alpha value is -0.843. The number of hydrogen-bond donors (Lipinski definition) is 2. The van der Waals surface area contributed by atoms with Gasteiger partial charge < -0.3 is 14.6 Å². The van der Waals surface area contributed by atoms with E-state index in [0.717, 1.165) is 11.3 Å². The molecule has 0 amide bonds. The highest BCUT2D eigenvalue weighted by Gasteiger charge is 2.38. The maximum Gasteiger partial charge on any atom is 0.250 e. The number of aliphatic hydroxyl groups is 2. The summed E-state index contributed by atoms with van der Waals surface area (Å²) in [4.78, 5) is 0. The van der Waals surface area contributed by atoms with Crippen LogP contribution in [-0.4, -0.2) is 25.1 Å².